The Labute approximate surface area is 178 Å². The maximum Gasteiger partial charge on any atom is 0.302 e. The lowest BCUT2D eigenvalue weighted by atomic mass is 10.2. The Balaban J connectivity index is 1.62. The molecular formula is C22H21ClN4O3. The Bertz CT molecular complexity index is 1220. The van der Waals surface area contributed by atoms with Crippen LogP contribution in [0.15, 0.2) is 42.5 Å². The van der Waals surface area contributed by atoms with Crippen molar-refractivity contribution in [2.24, 2.45) is 0 Å². The third-order valence-corrected chi connectivity index (χ3v) is 5.02. The minimum Gasteiger partial charge on any atom is -0.494 e. The normalized spacial score (nSPS) is 11.2. The first kappa shape index (κ1) is 20.1. The second kappa shape index (κ2) is 8.67. The number of rotatable bonds is 7. The summed E-state index contributed by atoms with van der Waals surface area (Å²) >= 11 is 6.51. The van der Waals surface area contributed by atoms with E-state index in [0.29, 0.717) is 35.5 Å². The summed E-state index contributed by atoms with van der Waals surface area (Å²) in [5.74, 6) is 1.06. The van der Waals surface area contributed by atoms with E-state index in [1.807, 2.05) is 47.7 Å². The van der Waals surface area contributed by atoms with E-state index in [1.54, 1.807) is 6.07 Å². The van der Waals surface area contributed by atoms with E-state index in [9.17, 15) is 4.79 Å². The van der Waals surface area contributed by atoms with Crippen LogP contribution in [0.1, 0.15) is 25.5 Å². The molecule has 0 radical (unpaired) electrons. The number of unbranched alkanes of at least 4 members (excludes halogenated alkanes) is 1. The molecule has 0 saturated heterocycles. The molecule has 0 unspecified atom stereocenters. The molecule has 0 spiro atoms. The summed E-state index contributed by atoms with van der Waals surface area (Å²) in [5, 5.41) is 9.30. The molecule has 4 rings (SSSR count). The van der Waals surface area contributed by atoms with Crippen LogP contribution in [0, 0.1) is 6.92 Å². The van der Waals surface area contributed by atoms with Gasteiger partial charge in [-0.25, -0.2) is 4.98 Å². The molecule has 2 heterocycles. The van der Waals surface area contributed by atoms with E-state index in [1.165, 1.54) is 6.92 Å². The van der Waals surface area contributed by atoms with Crippen molar-refractivity contribution in [3.8, 4) is 17.1 Å². The van der Waals surface area contributed by atoms with Gasteiger partial charge in [0.1, 0.15) is 5.75 Å². The van der Waals surface area contributed by atoms with Crippen molar-refractivity contribution in [3.63, 3.8) is 0 Å². The monoisotopic (exact) mass is 424 g/mol. The highest BCUT2D eigenvalue weighted by atomic mass is 35.5. The summed E-state index contributed by atoms with van der Waals surface area (Å²) in [6.45, 7) is 4.23. The molecule has 7 nitrogen and oxygen atoms in total. The minimum atomic E-state index is -0.267. The molecule has 30 heavy (non-hydrogen) atoms. The van der Waals surface area contributed by atoms with E-state index in [4.69, 9.17) is 21.1 Å². The van der Waals surface area contributed by atoms with Gasteiger partial charge in [0.2, 0.25) is 0 Å². The molecule has 2 aromatic heterocycles. The van der Waals surface area contributed by atoms with E-state index in [0.717, 1.165) is 35.1 Å². The number of aryl methyl sites for hydroxylation is 1. The lowest BCUT2D eigenvalue weighted by molar-refractivity contribution is -0.141. The van der Waals surface area contributed by atoms with Crippen LogP contribution < -0.4 is 4.74 Å². The number of hydrogen-bond acceptors (Lipinski definition) is 6. The Morgan fingerprint density at radius 3 is 2.73 bits per heavy atom. The maximum atomic E-state index is 10.8. The number of para-hydroxylation sites is 2. The fourth-order valence-electron chi connectivity index (χ4n) is 3.28. The number of esters is 1. The third-order valence-electron chi connectivity index (χ3n) is 4.69. The molecule has 0 saturated carbocycles. The Morgan fingerprint density at radius 1 is 1.10 bits per heavy atom. The molecule has 0 amide bonds. The van der Waals surface area contributed by atoms with E-state index >= 15 is 0 Å². The van der Waals surface area contributed by atoms with Crippen LogP contribution in [0.5, 0.6) is 5.75 Å². The molecule has 4 aromatic rings. The molecule has 0 aliphatic rings. The number of carbonyl (C=O) groups excluding carboxylic acids is 1. The summed E-state index contributed by atoms with van der Waals surface area (Å²) in [6, 6.07) is 13.3. The van der Waals surface area contributed by atoms with Crippen molar-refractivity contribution in [2.45, 2.75) is 26.7 Å². The zero-order chi connectivity index (χ0) is 21.1. The molecule has 0 fully saturated rings. The topological polar surface area (TPSA) is 78.6 Å². The van der Waals surface area contributed by atoms with Crippen LogP contribution in [0.2, 0.25) is 5.02 Å². The second-order valence-electron chi connectivity index (χ2n) is 6.91. The number of fused-ring (bicyclic) bond motifs is 3. The van der Waals surface area contributed by atoms with Gasteiger partial charge in [0.25, 0.3) is 0 Å². The van der Waals surface area contributed by atoms with Crippen molar-refractivity contribution in [2.75, 3.05) is 13.2 Å². The van der Waals surface area contributed by atoms with Gasteiger partial charge in [-0.3, -0.25) is 9.20 Å². The Hall–Kier alpha value is -3.19. The molecule has 154 valence electrons. The summed E-state index contributed by atoms with van der Waals surface area (Å²) in [4.78, 5) is 15.4. The van der Waals surface area contributed by atoms with Crippen LogP contribution in [-0.2, 0) is 9.53 Å². The number of nitrogens with zero attached hydrogens (tertiary/aromatic N) is 4. The van der Waals surface area contributed by atoms with Gasteiger partial charge >= 0.3 is 5.97 Å². The van der Waals surface area contributed by atoms with E-state index in [-0.39, 0.29) is 5.97 Å². The van der Waals surface area contributed by atoms with Crippen molar-refractivity contribution in [1.29, 1.82) is 0 Å². The first-order chi connectivity index (χ1) is 14.5. The molecule has 0 atom stereocenters. The molecule has 8 heteroatoms. The lowest BCUT2D eigenvalue weighted by Gasteiger charge is -2.10. The van der Waals surface area contributed by atoms with Gasteiger partial charge in [0.15, 0.2) is 11.5 Å². The van der Waals surface area contributed by atoms with Crippen molar-refractivity contribution in [3.05, 3.63) is 53.2 Å². The van der Waals surface area contributed by atoms with Gasteiger partial charge in [-0.2, -0.15) is 0 Å². The first-order valence-electron chi connectivity index (χ1n) is 9.71. The summed E-state index contributed by atoms with van der Waals surface area (Å²) < 4.78 is 12.8. The minimum absolute atomic E-state index is 0.267. The van der Waals surface area contributed by atoms with Gasteiger partial charge in [-0.15, -0.1) is 10.2 Å². The second-order valence-corrected chi connectivity index (χ2v) is 7.31. The van der Waals surface area contributed by atoms with Gasteiger partial charge < -0.3 is 9.47 Å². The molecule has 0 bridgehead atoms. The smallest absolute Gasteiger partial charge is 0.302 e. The van der Waals surface area contributed by atoms with Gasteiger partial charge in [0.05, 0.1) is 35.0 Å². The summed E-state index contributed by atoms with van der Waals surface area (Å²) in [5.41, 5.74) is 3.99. The van der Waals surface area contributed by atoms with Crippen molar-refractivity contribution < 1.29 is 14.3 Å². The van der Waals surface area contributed by atoms with E-state index in [2.05, 4.69) is 15.2 Å². The summed E-state index contributed by atoms with van der Waals surface area (Å²) in [6.07, 6.45) is 1.52. The predicted molar refractivity (Wildman–Crippen MR) is 115 cm³/mol. The number of aromatic nitrogens is 4. The average molecular weight is 425 g/mol. The maximum absolute atomic E-state index is 10.8. The van der Waals surface area contributed by atoms with Gasteiger partial charge in [0, 0.05) is 12.5 Å². The number of carbonyl (C=O) groups is 1. The number of ether oxygens (including phenoxy) is 2. The predicted octanol–water partition coefficient (Wildman–Crippen LogP) is 4.63. The fourth-order valence-corrected chi connectivity index (χ4v) is 3.48. The van der Waals surface area contributed by atoms with Crippen LogP contribution in [0.3, 0.4) is 0 Å². The van der Waals surface area contributed by atoms with Crippen LogP contribution >= 0.6 is 11.6 Å². The molecular weight excluding hydrogens is 404 g/mol. The van der Waals surface area contributed by atoms with Crippen LogP contribution in [0.4, 0.5) is 0 Å². The highest BCUT2D eigenvalue weighted by molar-refractivity contribution is 6.33. The van der Waals surface area contributed by atoms with Gasteiger partial charge in [-0.1, -0.05) is 23.7 Å². The zero-order valence-corrected chi connectivity index (χ0v) is 17.5. The quantitative estimate of drug-likeness (QED) is 0.318. The number of benzene rings is 2. The van der Waals surface area contributed by atoms with Crippen molar-refractivity contribution >= 4 is 34.3 Å². The van der Waals surface area contributed by atoms with Crippen LogP contribution in [-0.4, -0.2) is 38.8 Å². The number of hydrogen-bond donors (Lipinski definition) is 0. The fraction of sp³-hybridized carbons (Fsp3) is 0.273. The Morgan fingerprint density at radius 2 is 1.90 bits per heavy atom. The van der Waals surface area contributed by atoms with E-state index < -0.39 is 0 Å². The Kier molecular flexibility index (Phi) is 5.81. The molecule has 2 aromatic carbocycles. The zero-order valence-electron chi connectivity index (χ0n) is 16.8. The first-order valence-corrected chi connectivity index (χ1v) is 10.1. The number of halogens is 1. The summed E-state index contributed by atoms with van der Waals surface area (Å²) in [7, 11) is 0. The highest BCUT2D eigenvalue weighted by Crippen LogP contribution is 2.32. The largest absolute Gasteiger partial charge is 0.494 e. The van der Waals surface area contributed by atoms with Gasteiger partial charge in [-0.05, 0) is 50.1 Å². The third kappa shape index (κ3) is 4.07. The van der Waals surface area contributed by atoms with Crippen molar-refractivity contribution in [1.82, 2.24) is 19.6 Å². The highest BCUT2D eigenvalue weighted by Gasteiger charge is 2.17. The molecule has 0 aliphatic heterocycles. The SMILES string of the molecule is CC(=O)OCCCCOc1ccc(Cl)c(-c2nnc3c(C)nc4ccccc4n23)c1. The molecule has 0 N–H and O–H groups in total. The molecule has 0 aliphatic carbocycles. The van der Waals surface area contributed by atoms with Crippen LogP contribution in [0.25, 0.3) is 28.1 Å². The lowest BCUT2D eigenvalue weighted by Crippen LogP contribution is -2.04. The standard InChI is InChI=1S/C22H21ClN4O3/c1-14-21-25-26-22(27(21)20-8-4-3-7-19(20)24-14)17-13-16(9-10-18(17)23)30-12-6-5-11-29-15(2)28/h3-4,7-10,13H,5-6,11-12H2,1-2H3. The average Bonchev–Trinajstić information content (AvgIpc) is 3.17.